The molecule has 3 nitrogen and oxygen atoms in total. The van der Waals surface area contributed by atoms with E-state index in [1.54, 1.807) is 0 Å². The van der Waals surface area contributed by atoms with Crippen LogP contribution in [0.4, 0.5) is 17.1 Å². The number of anilines is 3. The first-order valence-electron chi connectivity index (χ1n) is 11.0. The molecule has 0 aliphatic heterocycles. The molecule has 0 radical (unpaired) electrons. The van der Waals surface area contributed by atoms with Crippen LogP contribution < -0.4 is 4.90 Å². The highest BCUT2D eigenvalue weighted by atomic mass is 16.4. The van der Waals surface area contributed by atoms with E-state index in [9.17, 15) is 4.79 Å². The van der Waals surface area contributed by atoms with E-state index in [2.05, 4.69) is 109 Å². The van der Waals surface area contributed by atoms with E-state index >= 15 is 0 Å². The van der Waals surface area contributed by atoms with Gasteiger partial charge in [0, 0.05) is 28.5 Å². The Morgan fingerprint density at radius 1 is 0.647 bits per heavy atom. The van der Waals surface area contributed by atoms with Crippen molar-refractivity contribution in [2.75, 3.05) is 4.90 Å². The van der Waals surface area contributed by atoms with Gasteiger partial charge in [0.1, 0.15) is 0 Å². The van der Waals surface area contributed by atoms with E-state index in [0.29, 0.717) is 5.56 Å². The van der Waals surface area contributed by atoms with E-state index in [0.717, 1.165) is 28.2 Å². The Labute approximate surface area is 200 Å². The predicted molar refractivity (Wildman–Crippen MR) is 140 cm³/mol. The molecular weight excluding hydrogens is 418 g/mol. The summed E-state index contributed by atoms with van der Waals surface area (Å²) in [6.07, 6.45) is 4.09. The van der Waals surface area contributed by atoms with E-state index in [1.165, 1.54) is 11.1 Å². The number of benzene rings is 4. The summed E-state index contributed by atoms with van der Waals surface area (Å²) in [5, 5.41) is 8.66. The Hall–Kier alpha value is -4.55. The standard InChI is InChI=1S/C31H25NO2/c1-23-3-16-28(17-4-23)32(29-18-5-24(2)6-19-29)30-20-13-27(14-21-30)12-9-25-7-10-26(11-8-25)15-22-31(33)34/h3-14,16-21H,1-2H3,(H,33,34). The molecule has 1 N–H and O–H groups in total. The fourth-order valence-corrected chi connectivity index (χ4v) is 3.57. The minimum absolute atomic E-state index is 0.677. The normalized spacial score (nSPS) is 10.5. The van der Waals surface area contributed by atoms with Gasteiger partial charge in [-0.05, 0) is 73.5 Å². The van der Waals surface area contributed by atoms with Crippen molar-refractivity contribution in [3.05, 3.63) is 125 Å². The van der Waals surface area contributed by atoms with Gasteiger partial charge in [-0.25, -0.2) is 4.79 Å². The molecule has 166 valence electrons. The van der Waals surface area contributed by atoms with Crippen molar-refractivity contribution in [3.63, 3.8) is 0 Å². The first-order chi connectivity index (χ1) is 16.5. The van der Waals surface area contributed by atoms with Gasteiger partial charge >= 0.3 is 5.97 Å². The quantitative estimate of drug-likeness (QED) is 0.258. The zero-order chi connectivity index (χ0) is 23.9. The first-order valence-corrected chi connectivity index (χ1v) is 11.0. The number of aliphatic carboxylic acids is 1. The molecule has 0 bridgehead atoms. The molecule has 4 aromatic rings. The molecule has 0 aromatic heterocycles. The van der Waals surface area contributed by atoms with Crippen molar-refractivity contribution in [1.82, 2.24) is 0 Å². The molecule has 0 heterocycles. The lowest BCUT2D eigenvalue weighted by molar-refractivity contribution is -0.130. The van der Waals surface area contributed by atoms with Gasteiger partial charge in [-0.3, -0.25) is 0 Å². The molecule has 0 amide bonds. The van der Waals surface area contributed by atoms with Gasteiger partial charge in [-0.2, -0.15) is 0 Å². The second-order valence-electron chi connectivity index (χ2n) is 8.11. The number of carboxylic acids is 1. The molecule has 0 fully saturated rings. The molecule has 3 heteroatoms. The second kappa shape index (κ2) is 10.4. The largest absolute Gasteiger partial charge is 0.472 e. The molecular formula is C31H25NO2. The van der Waals surface area contributed by atoms with Crippen molar-refractivity contribution in [2.24, 2.45) is 0 Å². The Kier molecular flexibility index (Phi) is 6.91. The zero-order valence-corrected chi connectivity index (χ0v) is 19.2. The monoisotopic (exact) mass is 443 g/mol. The zero-order valence-electron chi connectivity index (χ0n) is 19.2. The fourth-order valence-electron chi connectivity index (χ4n) is 3.57. The number of hydrogen-bond acceptors (Lipinski definition) is 2. The van der Waals surface area contributed by atoms with E-state index in [-0.39, 0.29) is 0 Å². The molecule has 34 heavy (non-hydrogen) atoms. The third-order valence-corrected chi connectivity index (χ3v) is 5.43. The lowest BCUT2D eigenvalue weighted by atomic mass is 10.1. The summed E-state index contributed by atoms with van der Waals surface area (Å²) in [5.41, 5.74) is 8.57. The SMILES string of the molecule is Cc1ccc(N(c2ccc(C)cc2)c2ccc(C=Cc3ccc(C#CC(=O)O)cc3)cc2)cc1. The van der Waals surface area contributed by atoms with Crippen molar-refractivity contribution in [1.29, 1.82) is 0 Å². The predicted octanol–water partition coefficient (Wildman–Crippen LogP) is 7.38. The van der Waals surface area contributed by atoms with Crippen LogP contribution in [0.1, 0.15) is 27.8 Å². The first kappa shape index (κ1) is 22.6. The minimum Gasteiger partial charge on any atom is -0.472 e. The minimum atomic E-state index is -1.13. The summed E-state index contributed by atoms with van der Waals surface area (Å²) in [6.45, 7) is 4.19. The van der Waals surface area contributed by atoms with Crippen LogP contribution in [-0.4, -0.2) is 11.1 Å². The van der Waals surface area contributed by atoms with Crippen LogP contribution in [0.25, 0.3) is 12.2 Å². The smallest absolute Gasteiger partial charge is 0.382 e. The molecule has 0 saturated heterocycles. The number of aryl methyl sites for hydroxylation is 2. The van der Waals surface area contributed by atoms with Gasteiger partial charge in [-0.15, -0.1) is 0 Å². The number of carbonyl (C=O) groups is 1. The second-order valence-corrected chi connectivity index (χ2v) is 8.11. The summed E-state index contributed by atoms with van der Waals surface area (Å²) in [5.74, 6) is 3.61. The van der Waals surface area contributed by atoms with Crippen molar-refractivity contribution in [3.8, 4) is 11.8 Å². The van der Waals surface area contributed by atoms with Crippen molar-refractivity contribution in [2.45, 2.75) is 13.8 Å². The molecule has 4 rings (SSSR count). The van der Waals surface area contributed by atoms with Gasteiger partial charge in [0.05, 0.1) is 0 Å². The third-order valence-electron chi connectivity index (χ3n) is 5.43. The highest BCUT2D eigenvalue weighted by Crippen LogP contribution is 2.34. The summed E-state index contributed by atoms with van der Waals surface area (Å²) >= 11 is 0. The number of hydrogen-bond donors (Lipinski definition) is 1. The van der Waals surface area contributed by atoms with Gasteiger partial charge in [0.25, 0.3) is 0 Å². The molecule has 0 unspecified atom stereocenters. The van der Waals surface area contributed by atoms with Crippen LogP contribution in [0.5, 0.6) is 0 Å². The van der Waals surface area contributed by atoms with Crippen LogP contribution in [0.15, 0.2) is 97.1 Å². The van der Waals surface area contributed by atoms with Crippen LogP contribution in [-0.2, 0) is 4.79 Å². The lowest BCUT2D eigenvalue weighted by Gasteiger charge is -2.25. The van der Waals surface area contributed by atoms with Crippen LogP contribution in [0.2, 0.25) is 0 Å². The highest BCUT2D eigenvalue weighted by molar-refractivity contribution is 5.87. The Bertz CT molecular complexity index is 1310. The molecule has 4 aromatic carbocycles. The van der Waals surface area contributed by atoms with Gasteiger partial charge in [0.2, 0.25) is 0 Å². The molecule has 0 aliphatic rings. The Balaban J connectivity index is 1.56. The van der Waals surface area contributed by atoms with E-state index < -0.39 is 5.97 Å². The third kappa shape index (κ3) is 5.82. The van der Waals surface area contributed by atoms with Crippen LogP contribution >= 0.6 is 0 Å². The maximum absolute atomic E-state index is 10.6. The van der Waals surface area contributed by atoms with Gasteiger partial charge < -0.3 is 10.0 Å². The summed E-state index contributed by atoms with van der Waals surface area (Å²) in [4.78, 5) is 12.8. The van der Waals surface area contributed by atoms with Gasteiger partial charge in [-0.1, -0.05) is 77.7 Å². The average molecular weight is 444 g/mol. The van der Waals surface area contributed by atoms with E-state index in [1.807, 2.05) is 30.3 Å². The summed E-state index contributed by atoms with van der Waals surface area (Å²) in [6, 6.07) is 33.1. The Morgan fingerprint density at radius 2 is 1.03 bits per heavy atom. The summed E-state index contributed by atoms with van der Waals surface area (Å²) in [7, 11) is 0. The van der Waals surface area contributed by atoms with Crippen LogP contribution in [0.3, 0.4) is 0 Å². The molecule has 0 saturated carbocycles. The van der Waals surface area contributed by atoms with E-state index in [4.69, 9.17) is 5.11 Å². The summed E-state index contributed by atoms with van der Waals surface area (Å²) < 4.78 is 0. The topological polar surface area (TPSA) is 40.5 Å². The number of carboxylic acid groups (broad SMARTS) is 1. The number of nitrogens with zero attached hydrogens (tertiary/aromatic N) is 1. The average Bonchev–Trinajstić information content (AvgIpc) is 2.85. The maximum atomic E-state index is 10.6. The highest BCUT2D eigenvalue weighted by Gasteiger charge is 2.12. The molecule has 0 spiro atoms. The van der Waals surface area contributed by atoms with Crippen molar-refractivity contribution < 1.29 is 9.90 Å². The molecule has 0 atom stereocenters. The number of rotatable bonds is 5. The lowest BCUT2D eigenvalue weighted by Crippen LogP contribution is -2.09. The van der Waals surface area contributed by atoms with Crippen LogP contribution in [0, 0.1) is 25.7 Å². The molecule has 0 aliphatic carbocycles. The maximum Gasteiger partial charge on any atom is 0.382 e. The van der Waals surface area contributed by atoms with Crippen molar-refractivity contribution >= 4 is 35.2 Å². The fraction of sp³-hybridized carbons (Fsp3) is 0.0645. The van der Waals surface area contributed by atoms with Gasteiger partial charge in [0.15, 0.2) is 0 Å². The Morgan fingerprint density at radius 3 is 1.44 bits per heavy atom.